The van der Waals surface area contributed by atoms with Crippen molar-refractivity contribution in [2.45, 2.75) is 19.0 Å². The third kappa shape index (κ3) is 4.40. The van der Waals surface area contributed by atoms with Crippen LogP contribution in [0.2, 0.25) is 0 Å². The molecule has 6 heteroatoms. The number of methoxy groups -OCH3 is 1. The highest BCUT2D eigenvalue weighted by Crippen LogP contribution is 2.03. The summed E-state index contributed by atoms with van der Waals surface area (Å²) in [6.07, 6.45) is 2.00. The largest absolute Gasteiger partial charge is 0.396 e. The second-order valence-electron chi connectivity index (χ2n) is 3.88. The van der Waals surface area contributed by atoms with E-state index >= 15 is 0 Å². The van der Waals surface area contributed by atoms with Crippen LogP contribution in [0.25, 0.3) is 0 Å². The highest BCUT2D eigenvalue weighted by atomic mass is 16.5. The van der Waals surface area contributed by atoms with Crippen molar-refractivity contribution in [2.24, 2.45) is 5.73 Å². The molecule has 0 aliphatic rings. The topological polar surface area (TPSA) is 97.5 Å². The number of nitrogens with two attached hydrogens (primary N) is 1. The van der Waals surface area contributed by atoms with Gasteiger partial charge in [0.2, 0.25) is 0 Å². The lowest BCUT2D eigenvalue weighted by atomic mass is 10.1. The van der Waals surface area contributed by atoms with Crippen LogP contribution in [0.15, 0.2) is 18.3 Å². The number of amides is 1. The highest BCUT2D eigenvalue weighted by molar-refractivity contribution is 5.94. The third-order valence-corrected chi connectivity index (χ3v) is 2.47. The van der Waals surface area contributed by atoms with E-state index in [0.29, 0.717) is 30.8 Å². The van der Waals surface area contributed by atoms with E-state index < -0.39 is 0 Å². The number of hydrogen-bond acceptors (Lipinski definition) is 5. The molecule has 1 heterocycles. The van der Waals surface area contributed by atoms with Crippen LogP contribution in [-0.2, 0) is 11.3 Å². The van der Waals surface area contributed by atoms with E-state index in [1.165, 1.54) is 0 Å². The summed E-state index contributed by atoms with van der Waals surface area (Å²) >= 11 is 0. The first-order valence-electron chi connectivity index (χ1n) is 5.77. The molecule has 1 aromatic rings. The monoisotopic (exact) mass is 253 g/mol. The molecule has 0 saturated carbocycles. The van der Waals surface area contributed by atoms with Crippen LogP contribution in [0, 0.1) is 0 Å². The average Bonchev–Trinajstić information content (AvgIpc) is 2.39. The SMILES string of the molecule is COCC(CCO)NC(=O)c1ccnc(CN)c1. The fraction of sp³-hybridized carbons (Fsp3) is 0.500. The molecule has 0 fully saturated rings. The van der Waals surface area contributed by atoms with Crippen molar-refractivity contribution >= 4 is 5.91 Å². The van der Waals surface area contributed by atoms with E-state index in [-0.39, 0.29) is 18.6 Å². The Kier molecular flexibility index (Phi) is 6.27. The highest BCUT2D eigenvalue weighted by Gasteiger charge is 2.13. The molecule has 0 bridgehead atoms. The van der Waals surface area contributed by atoms with Crippen LogP contribution >= 0.6 is 0 Å². The van der Waals surface area contributed by atoms with E-state index in [4.69, 9.17) is 15.6 Å². The van der Waals surface area contributed by atoms with E-state index in [1.54, 1.807) is 25.4 Å². The predicted octanol–water partition coefficient (Wildman–Crippen LogP) is -0.332. The van der Waals surface area contributed by atoms with E-state index in [9.17, 15) is 4.79 Å². The van der Waals surface area contributed by atoms with Gasteiger partial charge in [0.25, 0.3) is 5.91 Å². The minimum Gasteiger partial charge on any atom is -0.396 e. The fourth-order valence-electron chi connectivity index (χ4n) is 1.55. The number of carbonyl (C=O) groups is 1. The van der Waals surface area contributed by atoms with Crippen LogP contribution in [0.3, 0.4) is 0 Å². The summed E-state index contributed by atoms with van der Waals surface area (Å²) in [5.41, 5.74) is 6.63. The number of nitrogens with zero attached hydrogens (tertiary/aromatic N) is 1. The minimum atomic E-state index is -0.220. The molecule has 1 atom stereocenters. The summed E-state index contributed by atoms with van der Waals surface area (Å²) in [6.45, 7) is 0.652. The zero-order valence-corrected chi connectivity index (χ0v) is 10.4. The number of hydrogen-bond donors (Lipinski definition) is 3. The molecule has 0 aliphatic carbocycles. The number of ether oxygens (including phenoxy) is 1. The minimum absolute atomic E-state index is 0.00129. The van der Waals surface area contributed by atoms with Crippen LogP contribution in [0.4, 0.5) is 0 Å². The molecule has 0 radical (unpaired) electrons. The second-order valence-corrected chi connectivity index (χ2v) is 3.88. The predicted molar refractivity (Wildman–Crippen MR) is 67.0 cm³/mol. The molecular formula is C12H19N3O3. The summed E-state index contributed by atoms with van der Waals surface area (Å²) in [6, 6.07) is 3.07. The lowest BCUT2D eigenvalue weighted by Crippen LogP contribution is -2.38. The Labute approximate surface area is 106 Å². The molecule has 1 unspecified atom stereocenters. The van der Waals surface area contributed by atoms with Gasteiger partial charge in [-0.05, 0) is 18.6 Å². The molecule has 100 valence electrons. The van der Waals surface area contributed by atoms with Gasteiger partial charge in [0.1, 0.15) is 0 Å². The van der Waals surface area contributed by atoms with Crippen LogP contribution < -0.4 is 11.1 Å². The lowest BCUT2D eigenvalue weighted by Gasteiger charge is -2.16. The van der Waals surface area contributed by atoms with Crippen molar-refractivity contribution in [3.8, 4) is 0 Å². The number of aromatic nitrogens is 1. The number of nitrogens with one attached hydrogen (secondary N) is 1. The molecular weight excluding hydrogens is 234 g/mol. The summed E-state index contributed by atoms with van der Waals surface area (Å²) in [4.78, 5) is 16.0. The zero-order valence-electron chi connectivity index (χ0n) is 10.4. The number of pyridine rings is 1. The van der Waals surface area contributed by atoms with Crippen molar-refractivity contribution in [1.82, 2.24) is 10.3 Å². The summed E-state index contributed by atoms with van der Waals surface area (Å²) in [7, 11) is 1.55. The number of aliphatic hydroxyl groups is 1. The molecule has 0 aliphatic heterocycles. The van der Waals surface area contributed by atoms with Gasteiger partial charge in [-0.15, -0.1) is 0 Å². The average molecular weight is 253 g/mol. The lowest BCUT2D eigenvalue weighted by molar-refractivity contribution is 0.0878. The van der Waals surface area contributed by atoms with Gasteiger partial charge in [-0.3, -0.25) is 9.78 Å². The standard InChI is InChI=1S/C12H19N3O3/c1-18-8-10(3-5-16)15-12(17)9-2-4-14-11(6-9)7-13/h2,4,6,10,16H,3,5,7-8,13H2,1H3,(H,15,17). The Morgan fingerprint density at radius 1 is 1.67 bits per heavy atom. The van der Waals surface area contributed by atoms with Crippen molar-refractivity contribution in [3.05, 3.63) is 29.6 Å². The van der Waals surface area contributed by atoms with Gasteiger partial charge in [-0.2, -0.15) is 0 Å². The first kappa shape index (κ1) is 14.6. The smallest absolute Gasteiger partial charge is 0.251 e. The Balaban J connectivity index is 2.67. The van der Waals surface area contributed by atoms with Gasteiger partial charge < -0.3 is 20.9 Å². The normalized spacial score (nSPS) is 12.2. The van der Waals surface area contributed by atoms with Crippen molar-refractivity contribution < 1.29 is 14.6 Å². The van der Waals surface area contributed by atoms with Gasteiger partial charge in [-0.25, -0.2) is 0 Å². The number of carbonyl (C=O) groups excluding carboxylic acids is 1. The Morgan fingerprint density at radius 2 is 2.44 bits per heavy atom. The molecule has 1 rings (SSSR count). The summed E-state index contributed by atoms with van der Waals surface area (Å²) in [5, 5.41) is 11.7. The van der Waals surface area contributed by atoms with E-state index in [1.807, 2.05) is 0 Å². The van der Waals surface area contributed by atoms with Crippen LogP contribution in [-0.4, -0.2) is 42.4 Å². The van der Waals surface area contributed by atoms with Crippen molar-refractivity contribution in [2.75, 3.05) is 20.3 Å². The van der Waals surface area contributed by atoms with Crippen LogP contribution in [0.5, 0.6) is 0 Å². The summed E-state index contributed by atoms with van der Waals surface area (Å²) < 4.78 is 4.98. The Hall–Kier alpha value is -1.50. The Morgan fingerprint density at radius 3 is 3.06 bits per heavy atom. The quantitative estimate of drug-likeness (QED) is 0.618. The molecule has 6 nitrogen and oxygen atoms in total. The molecule has 4 N–H and O–H groups in total. The van der Waals surface area contributed by atoms with Gasteiger partial charge in [0, 0.05) is 32.0 Å². The van der Waals surface area contributed by atoms with Crippen molar-refractivity contribution in [3.63, 3.8) is 0 Å². The van der Waals surface area contributed by atoms with Gasteiger partial charge in [0.15, 0.2) is 0 Å². The van der Waals surface area contributed by atoms with Gasteiger partial charge in [-0.1, -0.05) is 0 Å². The fourth-order valence-corrected chi connectivity index (χ4v) is 1.55. The molecule has 0 spiro atoms. The third-order valence-electron chi connectivity index (χ3n) is 2.47. The Bertz CT molecular complexity index is 379. The van der Waals surface area contributed by atoms with E-state index in [2.05, 4.69) is 10.3 Å². The molecule has 0 aromatic carbocycles. The first-order chi connectivity index (χ1) is 8.71. The maximum atomic E-state index is 12.0. The molecule has 1 aromatic heterocycles. The molecule has 0 saturated heterocycles. The van der Waals surface area contributed by atoms with Gasteiger partial charge in [0.05, 0.1) is 18.3 Å². The van der Waals surface area contributed by atoms with Gasteiger partial charge >= 0.3 is 0 Å². The van der Waals surface area contributed by atoms with Crippen molar-refractivity contribution in [1.29, 1.82) is 0 Å². The van der Waals surface area contributed by atoms with Crippen LogP contribution in [0.1, 0.15) is 22.5 Å². The number of aliphatic hydroxyl groups excluding tert-OH is 1. The molecule has 18 heavy (non-hydrogen) atoms. The maximum absolute atomic E-state index is 12.0. The number of rotatable bonds is 7. The summed E-state index contributed by atoms with van der Waals surface area (Å²) in [5.74, 6) is -0.220. The van der Waals surface area contributed by atoms with E-state index in [0.717, 1.165) is 0 Å². The molecule has 1 amide bonds. The second kappa shape index (κ2) is 7.75. The maximum Gasteiger partial charge on any atom is 0.251 e. The zero-order chi connectivity index (χ0) is 13.4. The first-order valence-corrected chi connectivity index (χ1v) is 5.77.